The molecule has 2 aromatic carbocycles. The zero-order chi connectivity index (χ0) is 17.5. The first kappa shape index (κ1) is 16.8. The highest BCUT2D eigenvalue weighted by Crippen LogP contribution is 2.33. The standard InChI is InChI=1S/C16H12Cl2N3O2S/c1-10-15(18)16(11-2-4-12(17)5-3-11)21(20-10)24(22,23)14-8-6-13(19)7-9-14/h2-9H,1,19H2. The van der Waals surface area contributed by atoms with Crippen LogP contribution in [-0.4, -0.2) is 17.6 Å². The third-order valence-electron chi connectivity index (χ3n) is 3.39. The van der Waals surface area contributed by atoms with Crippen molar-refractivity contribution in [2.75, 3.05) is 5.73 Å². The molecule has 3 aromatic rings. The fraction of sp³-hybridized carbons (Fsp3) is 0. The average Bonchev–Trinajstić information content (AvgIpc) is 2.85. The van der Waals surface area contributed by atoms with Crippen LogP contribution in [0.15, 0.2) is 53.4 Å². The van der Waals surface area contributed by atoms with Crippen LogP contribution in [0.3, 0.4) is 0 Å². The summed E-state index contributed by atoms with van der Waals surface area (Å²) in [5, 5.41) is 4.69. The van der Waals surface area contributed by atoms with Gasteiger partial charge in [0.15, 0.2) is 0 Å². The second-order valence-electron chi connectivity index (χ2n) is 5.03. The lowest BCUT2D eigenvalue weighted by Crippen LogP contribution is -2.16. The molecule has 0 spiro atoms. The molecule has 0 saturated carbocycles. The second kappa shape index (κ2) is 6.12. The lowest BCUT2D eigenvalue weighted by molar-refractivity contribution is 0.580. The highest BCUT2D eigenvalue weighted by Gasteiger charge is 2.26. The van der Waals surface area contributed by atoms with Crippen LogP contribution in [0.2, 0.25) is 10.0 Å². The van der Waals surface area contributed by atoms with Gasteiger partial charge in [-0.25, -0.2) is 0 Å². The van der Waals surface area contributed by atoms with Gasteiger partial charge >= 0.3 is 0 Å². The summed E-state index contributed by atoms with van der Waals surface area (Å²) < 4.78 is 26.7. The molecule has 1 heterocycles. The van der Waals surface area contributed by atoms with Crippen LogP contribution < -0.4 is 5.73 Å². The summed E-state index contributed by atoms with van der Waals surface area (Å²) in [7, 11) is -3.95. The number of hydrogen-bond donors (Lipinski definition) is 1. The molecule has 8 heteroatoms. The molecule has 0 atom stereocenters. The summed E-state index contributed by atoms with van der Waals surface area (Å²) in [5.41, 5.74) is 7.03. The number of nitrogens with two attached hydrogens (primary N) is 1. The van der Waals surface area contributed by atoms with Crippen LogP contribution in [0.4, 0.5) is 5.69 Å². The first-order valence-corrected chi connectivity index (χ1v) is 8.98. The maximum atomic E-state index is 12.9. The fourth-order valence-electron chi connectivity index (χ4n) is 2.18. The van der Waals surface area contributed by atoms with Gasteiger partial charge in [0.1, 0.15) is 5.69 Å². The Morgan fingerprint density at radius 2 is 1.58 bits per heavy atom. The maximum absolute atomic E-state index is 12.9. The summed E-state index contributed by atoms with van der Waals surface area (Å²) in [6.45, 7) is 3.69. The van der Waals surface area contributed by atoms with E-state index in [1.807, 2.05) is 0 Å². The predicted molar refractivity (Wildman–Crippen MR) is 95.6 cm³/mol. The second-order valence-corrected chi connectivity index (χ2v) is 7.62. The van der Waals surface area contributed by atoms with Crippen molar-refractivity contribution in [1.82, 2.24) is 9.19 Å². The van der Waals surface area contributed by atoms with E-state index < -0.39 is 10.0 Å². The Morgan fingerprint density at radius 3 is 2.17 bits per heavy atom. The molecule has 0 aliphatic carbocycles. The van der Waals surface area contributed by atoms with Crippen molar-refractivity contribution < 1.29 is 8.42 Å². The molecule has 0 bridgehead atoms. The highest BCUT2D eigenvalue weighted by atomic mass is 35.5. The first-order chi connectivity index (χ1) is 11.3. The van der Waals surface area contributed by atoms with Gasteiger partial charge in [-0.05, 0) is 43.3 Å². The van der Waals surface area contributed by atoms with Gasteiger partial charge in [0.25, 0.3) is 10.0 Å². The number of benzene rings is 2. The van der Waals surface area contributed by atoms with E-state index in [4.69, 9.17) is 28.9 Å². The van der Waals surface area contributed by atoms with Gasteiger partial charge in [0.2, 0.25) is 0 Å². The lowest BCUT2D eigenvalue weighted by Gasteiger charge is -2.10. The Hall–Kier alpha value is -2.02. The van der Waals surface area contributed by atoms with Crippen LogP contribution in [0.1, 0.15) is 5.69 Å². The molecule has 5 nitrogen and oxygen atoms in total. The maximum Gasteiger partial charge on any atom is 0.283 e. The minimum Gasteiger partial charge on any atom is -0.399 e. The van der Waals surface area contributed by atoms with Gasteiger partial charge in [0, 0.05) is 16.3 Å². The zero-order valence-electron chi connectivity index (χ0n) is 12.3. The SMILES string of the molecule is [CH2]c1nn(S(=O)(=O)c2ccc(N)cc2)c(-c2ccc(Cl)cc2)c1Cl. The number of nitrogen functional groups attached to an aromatic ring is 1. The first-order valence-electron chi connectivity index (χ1n) is 6.78. The van der Waals surface area contributed by atoms with Crippen molar-refractivity contribution in [3.05, 3.63) is 71.2 Å². The van der Waals surface area contributed by atoms with Gasteiger partial charge in [-0.3, -0.25) is 0 Å². The molecule has 1 aromatic heterocycles. The van der Waals surface area contributed by atoms with E-state index in [1.54, 1.807) is 24.3 Å². The molecule has 0 aliphatic heterocycles. The topological polar surface area (TPSA) is 78.0 Å². The fourth-order valence-corrected chi connectivity index (χ4v) is 3.91. The van der Waals surface area contributed by atoms with E-state index in [-0.39, 0.29) is 21.3 Å². The summed E-state index contributed by atoms with van der Waals surface area (Å²) in [6, 6.07) is 12.4. The normalized spacial score (nSPS) is 11.6. The van der Waals surface area contributed by atoms with Crippen LogP contribution in [0.25, 0.3) is 11.3 Å². The quantitative estimate of drug-likeness (QED) is 0.699. The Labute approximate surface area is 149 Å². The van der Waals surface area contributed by atoms with E-state index in [0.29, 0.717) is 16.3 Å². The summed E-state index contributed by atoms with van der Waals surface area (Å²) in [4.78, 5) is 0.0473. The summed E-state index contributed by atoms with van der Waals surface area (Å²) >= 11 is 12.1. The monoisotopic (exact) mass is 380 g/mol. The van der Waals surface area contributed by atoms with Crippen LogP contribution in [0.5, 0.6) is 0 Å². The molecule has 1 radical (unpaired) electrons. The number of nitrogens with zero attached hydrogens (tertiary/aromatic N) is 2. The molecule has 2 N–H and O–H groups in total. The van der Waals surface area contributed by atoms with Crippen LogP contribution in [-0.2, 0) is 10.0 Å². The molecule has 3 rings (SSSR count). The number of aromatic nitrogens is 2. The number of anilines is 1. The van der Waals surface area contributed by atoms with Crippen molar-refractivity contribution in [2.45, 2.75) is 4.90 Å². The molecule has 0 unspecified atom stereocenters. The Morgan fingerprint density at radius 1 is 1.00 bits per heavy atom. The van der Waals surface area contributed by atoms with Gasteiger partial charge in [0.05, 0.1) is 15.6 Å². The molecule has 0 saturated heterocycles. The van der Waals surface area contributed by atoms with E-state index >= 15 is 0 Å². The van der Waals surface area contributed by atoms with Crippen molar-refractivity contribution in [2.24, 2.45) is 0 Å². The Bertz CT molecular complexity index is 995. The van der Waals surface area contributed by atoms with Gasteiger partial charge < -0.3 is 5.73 Å². The average molecular weight is 381 g/mol. The minimum absolute atomic E-state index is 0.0473. The molecule has 24 heavy (non-hydrogen) atoms. The van der Waals surface area contributed by atoms with E-state index in [0.717, 1.165) is 4.09 Å². The lowest BCUT2D eigenvalue weighted by atomic mass is 10.1. The van der Waals surface area contributed by atoms with Crippen molar-refractivity contribution >= 4 is 38.9 Å². The minimum atomic E-state index is -3.95. The number of rotatable bonds is 3. The van der Waals surface area contributed by atoms with Crippen molar-refractivity contribution in [3.63, 3.8) is 0 Å². The van der Waals surface area contributed by atoms with Crippen molar-refractivity contribution in [3.8, 4) is 11.3 Å². The van der Waals surface area contributed by atoms with Crippen molar-refractivity contribution in [1.29, 1.82) is 0 Å². The molecular formula is C16H12Cl2N3O2S. The van der Waals surface area contributed by atoms with Gasteiger partial charge in [-0.1, -0.05) is 35.3 Å². The van der Waals surface area contributed by atoms with Crippen LogP contribution in [0, 0.1) is 6.92 Å². The molecular weight excluding hydrogens is 369 g/mol. The van der Waals surface area contributed by atoms with Crippen LogP contribution >= 0.6 is 23.2 Å². The van der Waals surface area contributed by atoms with Gasteiger partial charge in [-0.2, -0.15) is 17.6 Å². The number of halogens is 2. The number of hydrogen-bond acceptors (Lipinski definition) is 4. The predicted octanol–water partition coefficient (Wildman–Crippen LogP) is 3.86. The summed E-state index contributed by atoms with van der Waals surface area (Å²) in [6.07, 6.45) is 0. The van der Waals surface area contributed by atoms with E-state index in [9.17, 15) is 8.42 Å². The summed E-state index contributed by atoms with van der Waals surface area (Å²) in [5.74, 6) is 0. The Kier molecular flexibility index (Phi) is 4.29. The third-order valence-corrected chi connectivity index (χ3v) is 5.62. The zero-order valence-corrected chi connectivity index (χ0v) is 14.6. The molecule has 0 amide bonds. The molecule has 123 valence electrons. The highest BCUT2D eigenvalue weighted by molar-refractivity contribution is 7.90. The smallest absolute Gasteiger partial charge is 0.283 e. The largest absolute Gasteiger partial charge is 0.399 e. The Balaban J connectivity index is 2.23. The molecule has 0 aliphatic rings. The van der Waals surface area contributed by atoms with Gasteiger partial charge in [-0.15, -0.1) is 0 Å². The van der Waals surface area contributed by atoms with E-state index in [1.165, 1.54) is 24.3 Å². The molecule has 0 fully saturated rings. The third kappa shape index (κ3) is 2.88. The van der Waals surface area contributed by atoms with E-state index in [2.05, 4.69) is 12.0 Å².